The summed E-state index contributed by atoms with van der Waals surface area (Å²) in [5.41, 5.74) is 6.98. The van der Waals surface area contributed by atoms with Crippen LogP contribution in [0.3, 0.4) is 0 Å². The van der Waals surface area contributed by atoms with Crippen molar-refractivity contribution < 1.29 is 0 Å². The molecule has 1 aliphatic rings. The topological polar surface area (TPSA) is 43.8 Å². The fourth-order valence-corrected chi connectivity index (χ4v) is 3.07. The molecule has 2 rings (SSSR count). The highest BCUT2D eigenvalue weighted by Crippen LogP contribution is 2.25. The molecule has 0 amide bonds. The first kappa shape index (κ1) is 9.90. The summed E-state index contributed by atoms with van der Waals surface area (Å²) >= 11 is 2.06. The minimum Gasteiger partial charge on any atom is -0.369 e. The van der Waals surface area contributed by atoms with Crippen molar-refractivity contribution in [2.24, 2.45) is 5.92 Å². The Bertz CT molecular complexity index is 283. The van der Waals surface area contributed by atoms with Crippen LogP contribution in [-0.2, 0) is 6.54 Å². The Hall–Kier alpha value is -0.640. The largest absolute Gasteiger partial charge is 0.369 e. The predicted octanol–water partition coefficient (Wildman–Crippen LogP) is 1.92. The van der Waals surface area contributed by atoms with Gasteiger partial charge in [0.1, 0.15) is 0 Å². The molecule has 1 aliphatic heterocycles. The Labute approximate surface area is 89.1 Å². The third-order valence-corrected chi connectivity index (χ3v) is 4.07. The maximum absolute atomic E-state index is 5.80. The number of hydrogen-bond donors (Lipinski definition) is 1. The zero-order chi connectivity index (χ0) is 9.97. The number of imidazole rings is 1. The number of nitrogens with two attached hydrogens (primary N) is 1. The number of anilines is 1. The first-order valence-corrected chi connectivity index (χ1v) is 6.28. The van der Waals surface area contributed by atoms with Crippen molar-refractivity contribution in [1.82, 2.24) is 9.55 Å². The molecule has 2 N–H and O–H groups in total. The van der Waals surface area contributed by atoms with Gasteiger partial charge in [0.05, 0.1) is 6.20 Å². The first-order valence-electron chi connectivity index (χ1n) is 5.12. The lowest BCUT2D eigenvalue weighted by Gasteiger charge is -2.22. The van der Waals surface area contributed by atoms with E-state index < -0.39 is 0 Å². The van der Waals surface area contributed by atoms with Crippen LogP contribution < -0.4 is 5.73 Å². The van der Waals surface area contributed by atoms with Gasteiger partial charge in [-0.3, -0.25) is 0 Å². The Balaban J connectivity index is 2.02. The van der Waals surface area contributed by atoms with E-state index in [1.807, 2.05) is 6.20 Å². The average Bonchev–Trinajstić information content (AvgIpc) is 2.51. The van der Waals surface area contributed by atoms with Crippen LogP contribution >= 0.6 is 11.8 Å². The van der Waals surface area contributed by atoms with Crippen molar-refractivity contribution in [2.45, 2.75) is 26.3 Å². The third-order valence-electron chi connectivity index (χ3n) is 2.78. The fourth-order valence-electron chi connectivity index (χ4n) is 1.93. The SMILES string of the molecule is Cc1cnc(N)n1CC1CCCSC1. The lowest BCUT2D eigenvalue weighted by molar-refractivity contribution is 0.445. The van der Waals surface area contributed by atoms with E-state index in [0.717, 1.165) is 12.5 Å². The summed E-state index contributed by atoms with van der Waals surface area (Å²) in [6, 6.07) is 0. The maximum atomic E-state index is 5.80. The molecular formula is C10H17N3S. The Morgan fingerprint density at radius 1 is 1.71 bits per heavy atom. The Kier molecular flexibility index (Phi) is 3.01. The van der Waals surface area contributed by atoms with E-state index in [0.29, 0.717) is 5.95 Å². The summed E-state index contributed by atoms with van der Waals surface area (Å²) in [5.74, 6) is 4.05. The van der Waals surface area contributed by atoms with E-state index in [2.05, 4.69) is 28.2 Å². The molecule has 14 heavy (non-hydrogen) atoms. The molecule has 0 aromatic carbocycles. The van der Waals surface area contributed by atoms with Crippen molar-refractivity contribution in [3.05, 3.63) is 11.9 Å². The highest BCUT2D eigenvalue weighted by atomic mass is 32.2. The minimum atomic E-state index is 0.665. The smallest absolute Gasteiger partial charge is 0.200 e. The van der Waals surface area contributed by atoms with Gasteiger partial charge in [0.15, 0.2) is 5.95 Å². The van der Waals surface area contributed by atoms with E-state index in [1.54, 1.807) is 0 Å². The summed E-state index contributed by atoms with van der Waals surface area (Å²) in [5, 5.41) is 0. The quantitative estimate of drug-likeness (QED) is 0.812. The zero-order valence-electron chi connectivity index (χ0n) is 8.57. The van der Waals surface area contributed by atoms with Crippen LogP contribution in [0.1, 0.15) is 18.5 Å². The monoisotopic (exact) mass is 211 g/mol. The number of aromatic nitrogens is 2. The normalized spacial score (nSPS) is 22.5. The van der Waals surface area contributed by atoms with E-state index in [9.17, 15) is 0 Å². The van der Waals surface area contributed by atoms with Crippen LogP contribution in [0, 0.1) is 12.8 Å². The van der Waals surface area contributed by atoms with E-state index in [1.165, 1.54) is 30.0 Å². The maximum Gasteiger partial charge on any atom is 0.200 e. The molecule has 0 saturated carbocycles. The number of rotatable bonds is 2. The number of aryl methyl sites for hydroxylation is 1. The molecule has 0 bridgehead atoms. The van der Waals surface area contributed by atoms with Crippen LogP contribution in [0.5, 0.6) is 0 Å². The van der Waals surface area contributed by atoms with Crippen LogP contribution in [-0.4, -0.2) is 21.1 Å². The third kappa shape index (κ3) is 2.05. The molecule has 1 aromatic heterocycles. The Morgan fingerprint density at radius 3 is 3.14 bits per heavy atom. The predicted molar refractivity (Wildman–Crippen MR) is 61.4 cm³/mol. The summed E-state index contributed by atoms with van der Waals surface area (Å²) in [4.78, 5) is 4.12. The molecule has 3 nitrogen and oxygen atoms in total. The van der Waals surface area contributed by atoms with Crippen molar-refractivity contribution in [3.63, 3.8) is 0 Å². The molecule has 1 aromatic rings. The van der Waals surface area contributed by atoms with E-state index in [4.69, 9.17) is 5.73 Å². The molecule has 0 spiro atoms. The van der Waals surface area contributed by atoms with Crippen LogP contribution in [0.2, 0.25) is 0 Å². The lowest BCUT2D eigenvalue weighted by atomic mass is 10.1. The van der Waals surface area contributed by atoms with Gasteiger partial charge in [0, 0.05) is 12.2 Å². The first-order chi connectivity index (χ1) is 6.77. The van der Waals surface area contributed by atoms with Gasteiger partial charge in [-0.15, -0.1) is 0 Å². The number of hydrogen-bond acceptors (Lipinski definition) is 3. The van der Waals surface area contributed by atoms with E-state index in [-0.39, 0.29) is 0 Å². The van der Waals surface area contributed by atoms with Crippen LogP contribution in [0.15, 0.2) is 6.20 Å². The Morgan fingerprint density at radius 2 is 2.57 bits per heavy atom. The van der Waals surface area contributed by atoms with Crippen LogP contribution in [0.4, 0.5) is 5.95 Å². The van der Waals surface area contributed by atoms with Gasteiger partial charge in [-0.05, 0) is 37.2 Å². The molecule has 0 aliphatic carbocycles. The second-order valence-corrected chi connectivity index (χ2v) is 5.10. The second kappa shape index (κ2) is 4.26. The number of thioether (sulfide) groups is 1. The van der Waals surface area contributed by atoms with Gasteiger partial charge in [-0.25, -0.2) is 4.98 Å². The van der Waals surface area contributed by atoms with Gasteiger partial charge in [-0.1, -0.05) is 0 Å². The molecule has 1 unspecified atom stereocenters. The molecule has 1 saturated heterocycles. The average molecular weight is 211 g/mol. The molecule has 4 heteroatoms. The van der Waals surface area contributed by atoms with Gasteiger partial charge < -0.3 is 10.3 Å². The van der Waals surface area contributed by atoms with Gasteiger partial charge in [-0.2, -0.15) is 11.8 Å². The van der Waals surface area contributed by atoms with Crippen molar-refractivity contribution in [3.8, 4) is 0 Å². The molecule has 1 fully saturated rings. The molecule has 0 radical (unpaired) electrons. The van der Waals surface area contributed by atoms with Gasteiger partial charge >= 0.3 is 0 Å². The van der Waals surface area contributed by atoms with Crippen LogP contribution in [0.25, 0.3) is 0 Å². The lowest BCUT2D eigenvalue weighted by Crippen LogP contribution is -2.19. The summed E-state index contributed by atoms with van der Waals surface area (Å²) in [6.45, 7) is 3.12. The fraction of sp³-hybridized carbons (Fsp3) is 0.700. The molecule has 78 valence electrons. The van der Waals surface area contributed by atoms with Gasteiger partial charge in [0.2, 0.25) is 0 Å². The molecule has 2 heterocycles. The number of nitrogens with zero attached hydrogens (tertiary/aromatic N) is 2. The summed E-state index contributed by atoms with van der Waals surface area (Å²) in [6.07, 6.45) is 4.54. The van der Waals surface area contributed by atoms with Crippen molar-refractivity contribution in [2.75, 3.05) is 17.2 Å². The summed E-state index contributed by atoms with van der Waals surface area (Å²) in [7, 11) is 0. The van der Waals surface area contributed by atoms with Crippen molar-refractivity contribution >= 4 is 17.7 Å². The highest BCUT2D eigenvalue weighted by Gasteiger charge is 2.16. The molecule has 1 atom stereocenters. The van der Waals surface area contributed by atoms with Gasteiger partial charge in [0.25, 0.3) is 0 Å². The standard InChI is InChI=1S/C10H17N3S/c1-8-5-12-10(11)13(8)6-9-3-2-4-14-7-9/h5,9H,2-4,6-7H2,1H3,(H2,11,12). The van der Waals surface area contributed by atoms with E-state index >= 15 is 0 Å². The van der Waals surface area contributed by atoms with Crippen molar-refractivity contribution in [1.29, 1.82) is 0 Å². The number of nitrogen functional groups attached to an aromatic ring is 1. The second-order valence-electron chi connectivity index (χ2n) is 3.95. The molecular weight excluding hydrogens is 194 g/mol. The minimum absolute atomic E-state index is 0.665. The zero-order valence-corrected chi connectivity index (χ0v) is 9.39. The highest BCUT2D eigenvalue weighted by molar-refractivity contribution is 7.99. The summed E-state index contributed by atoms with van der Waals surface area (Å²) < 4.78 is 2.14.